The number of nitrogens with zero attached hydrogens (tertiary/aromatic N) is 1. The van der Waals surface area contributed by atoms with Crippen molar-refractivity contribution in [3.05, 3.63) is 0 Å². The molecule has 0 spiro atoms. The van der Waals surface area contributed by atoms with Gasteiger partial charge in [0.25, 0.3) is 0 Å². The van der Waals surface area contributed by atoms with Gasteiger partial charge in [-0.2, -0.15) is 0 Å². The van der Waals surface area contributed by atoms with E-state index in [4.69, 9.17) is 11.5 Å². The van der Waals surface area contributed by atoms with Gasteiger partial charge in [-0.1, -0.05) is 0 Å². The summed E-state index contributed by atoms with van der Waals surface area (Å²) in [6.07, 6.45) is 0.986. The van der Waals surface area contributed by atoms with E-state index < -0.39 is 0 Å². The first-order chi connectivity index (χ1) is 5.15. The molecule has 0 aromatic carbocycles. The predicted octanol–water partition coefficient (Wildman–Crippen LogP) is -0.266. The van der Waals surface area contributed by atoms with Crippen LogP contribution >= 0.6 is 0 Å². The maximum atomic E-state index is 10.8. The minimum Gasteiger partial charge on any atom is -0.351 e. The van der Waals surface area contributed by atoms with E-state index in [1.165, 1.54) is 0 Å². The molecule has 0 aromatic heterocycles. The number of primary amides is 1. The van der Waals surface area contributed by atoms with Crippen LogP contribution in [-0.4, -0.2) is 30.1 Å². The largest absolute Gasteiger partial charge is 0.351 e. The number of rotatable bonds is 1. The van der Waals surface area contributed by atoms with Gasteiger partial charge in [-0.15, -0.1) is 0 Å². The average Bonchev–Trinajstić information content (AvgIpc) is 2.30. The molecule has 64 valence electrons. The molecule has 4 N–H and O–H groups in total. The zero-order valence-corrected chi connectivity index (χ0v) is 6.79. The van der Waals surface area contributed by atoms with E-state index >= 15 is 0 Å². The smallest absolute Gasteiger partial charge is 0.315 e. The van der Waals surface area contributed by atoms with Gasteiger partial charge in [-0.25, -0.2) is 4.79 Å². The summed E-state index contributed by atoms with van der Waals surface area (Å²) in [6.45, 7) is 3.38. The number of likely N-dealkylation sites (tertiary alicyclic amines) is 1. The molecular formula is C7H15N3O. The quantitative estimate of drug-likeness (QED) is 0.550. The Hall–Kier alpha value is -0.770. The van der Waals surface area contributed by atoms with Crippen molar-refractivity contribution in [1.29, 1.82) is 0 Å². The molecule has 2 amide bonds. The fourth-order valence-corrected chi connectivity index (χ4v) is 1.62. The van der Waals surface area contributed by atoms with E-state index in [0.29, 0.717) is 12.5 Å². The third-order valence-corrected chi connectivity index (χ3v) is 2.28. The molecule has 1 aliphatic rings. The van der Waals surface area contributed by atoms with E-state index in [0.717, 1.165) is 13.0 Å². The van der Waals surface area contributed by atoms with Crippen molar-refractivity contribution in [2.24, 2.45) is 17.4 Å². The summed E-state index contributed by atoms with van der Waals surface area (Å²) in [5, 5.41) is 0. The Morgan fingerprint density at radius 2 is 2.36 bits per heavy atom. The molecule has 1 fully saturated rings. The number of carbonyl (C=O) groups is 1. The fraction of sp³-hybridized carbons (Fsp3) is 0.857. The molecule has 4 nitrogen and oxygen atoms in total. The van der Waals surface area contributed by atoms with Gasteiger partial charge in [0.05, 0.1) is 0 Å². The number of urea groups is 1. The minimum absolute atomic E-state index is 0.265. The van der Waals surface area contributed by atoms with Crippen LogP contribution in [0.4, 0.5) is 4.79 Å². The van der Waals surface area contributed by atoms with Crippen LogP contribution in [-0.2, 0) is 0 Å². The summed E-state index contributed by atoms with van der Waals surface area (Å²) in [4.78, 5) is 12.5. The van der Waals surface area contributed by atoms with Gasteiger partial charge in [0.2, 0.25) is 0 Å². The molecule has 0 aromatic rings. The number of nitrogens with two attached hydrogens (primary N) is 2. The molecule has 0 saturated carbocycles. The van der Waals surface area contributed by atoms with E-state index in [-0.39, 0.29) is 12.1 Å². The van der Waals surface area contributed by atoms with Crippen molar-refractivity contribution in [2.75, 3.05) is 13.1 Å². The van der Waals surface area contributed by atoms with E-state index in [9.17, 15) is 4.79 Å². The Morgan fingerprint density at radius 1 is 1.73 bits per heavy atom. The summed E-state index contributed by atoms with van der Waals surface area (Å²) in [6, 6.07) is -0.0606. The van der Waals surface area contributed by atoms with Crippen molar-refractivity contribution in [2.45, 2.75) is 19.4 Å². The van der Waals surface area contributed by atoms with E-state index in [1.807, 2.05) is 6.92 Å². The van der Waals surface area contributed by atoms with Crippen LogP contribution in [0.1, 0.15) is 13.3 Å². The molecule has 1 saturated heterocycles. The van der Waals surface area contributed by atoms with Gasteiger partial charge >= 0.3 is 6.03 Å². The zero-order valence-electron chi connectivity index (χ0n) is 6.79. The highest BCUT2D eigenvalue weighted by Gasteiger charge is 2.29. The summed E-state index contributed by atoms with van der Waals surface area (Å²) in [7, 11) is 0. The molecule has 0 radical (unpaired) electrons. The van der Waals surface area contributed by atoms with Gasteiger partial charge in [0, 0.05) is 12.6 Å². The predicted molar refractivity (Wildman–Crippen MR) is 42.9 cm³/mol. The summed E-state index contributed by atoms with van der Waals surface area (Å²) < 4.78 is 0. The molecule has 1 rings (SSSR count). The lowest BCUT2D eigenvalue weighted by Crippen LogP contribution is -2.38. The lowest BCUT2D eigenvalue weighted by molar-refractivity contribution is 0.205. The molecule has 2 atom stereocenters. The molecule has 11 heavy (non-hydrogen) atoms. The van der Waals surface area contributed by atoms with Crippen molar-refractivity contribution in [3.63, 3.8) is 0 Å². The van der Waals surface area contributed by atoms with Crippen LogP contribution in [0.15, 0.2) is 0 Å². The summed E-state index contributed by atoms with van der Waals surface area (Å²) in [5.74, 6) is 0.442. The lowest BCUT2D eigenvalue weighted by Gasteiger charge is -2.17. The number of hydrogen-bond donors (Lipinski definition) is 2. The molecule has 4 heteroatoms. The van der Waals surface area contributed by atoms with Gasteiger partial charge < -0.3 is 16.4 Å². The van der Waals surface area contributed by atoms with Crippen molar-refractivity contribution in [1.82, 2.24) is 4.90 Å². The van der Waals surface area contributed by atoms with Crippen LogP contribution in [0.5, 0.6) is 0 Å². The topological polar surface area (TPSA) is 72.3 Å². The third kappa shape index (κ3) is 1.63. The maximum absolute atomic E-state index is 10.8. The van der Waals surface area contributed by atoms with Crippen LogP contribution in [0.25, 0.3) is 0 Å². The normalized spacial score (nSPS) is 30.9. The van der Waals surface area contributed by atoms with Crippen LogP contribution in [0.3, 0.4) is 0 Å². The second kappa shape index (κ2) is 3.09. The third-order valence-electron chi connectivity index (χ3n) is 2.28. The van der Waals surface area contributed by atoms with Gasteiger partial charge in [0.15, 0.2) is 0 Å². The highest BCUT2D eigenvalue weighted by atomic mass is 16.2. The molecule has 1 heterocycles. The van der Waals surface area contributed by atoms with Crippen molar-refractivity contribution >= 4 is 6.03 Å². The first-order valence-electron chi connectivity index (χ1n) is 3.91. The first kappa shape index (κ1) is 8.33. The molecular weight excluding hydrogens is 142 g/mol. The van der Waals surface area contributed by atoms with Gasteiger partial charge in [0.1, 0.15) is 0 Å². The molecule has 2 unspecified atom stereocenters. The second-order valence-corrected chi connectivity index (χ2v) is 3.18. The standard InChI is InChI=1S/C7H15N3O/c1-5-2-6(3-8)4-10(5)7(9)11/h5-6H,2-4,8H2,1H3,(H2,9,11). The summed E-state index contributed by atoms with van der Waals surface area (Å²) >= 11 is 0. The zero-order chi connectivity index (χ0) is 8.43. The Labute approximate surface area is 66.5 Å². The van der Waals surface area contributed by atoms with Gasteiger partial charge in [-0.05, 0) is 25.8 Å². The van der Waals surface area contributed by atoms with Gasteiger partial charge in [-0.3, -0.25) is 0 Å². The summed E-state index contributed by atoms with van der Waals surface area (Å²) in [5.41, 5.74) is 10.6. The first-order valence-corrected chi connectivity index (χ1v) is 3.91. The minimum atomic E-state index is -0.326. The Balaban J connectivity index is 2.51. The Bertz CT molecular complexity index is 160. The molecule has 0 aliphatic carbocycles. The highest BCUT2D eigenvalue weighted by Crippen LogP contribution is 2.21. The monoisotopic (exact) mass is 157 g/mol. The number of carbonyl (C=O) groups excluding carboxylic acids is 1. The van der Waals surface area contributed by atoms with Crippen LogP contribution in [0.2, 0.25) is 0 Å². The molecule has 1 aliphatic heterocycles. The Kier molecular flexibility index (Phi) is 2.34. The van der Waals surface area contributed by atoms with Crippen LogP contribution < -0.4 is 11.5 Å². The average molecular weight is 157 g/mol. The van der Waals surface area contributed by atoms with Crippen LogP contribution in [0, 0.1) is 5.92 Å². The number of amides is 2. The highest BCUT2D eigenvalue weighted by molar-refractivity contribution is 5.72. The second-order valence-electron chi connectivity index (χ2n) is 3.18. The maximum Gasteiger partial charge on any atom is 0.315 e. The van der Waals surface area contributed by atoms with Crippen molar-refractivity contribution in [3.8, 4) is 0 Å². The SMILES string of the molecule is CC1CC(CN)CN1C(N)=O. The fourth-order valence-electron chi connectivity index (χ4n) is 1.62. The van der Waals surface area contributed by atoms with E-state index in [2.05, 4.69) is 0 Å². The van der Waals surface area contributed by atoms with E-state index in [1.54, 1.807) is 4.90 Å². The van der Waals surface area contributed by atoms with Crippen molar-refractivity contribution < 1.29 is 4.79 Å². The lowest BCUT2D eigenvalue weighted by atomic mass is 10.1. The number of hydrogen-bond acceptors (Lipinski definition) is 2. The molecule has 0 bridgehead atoms. The Morgan fingerprint density at radius 3 is 2.64 bits per heavy atom.